The summed E-state index contributed by atoms with van der Waals surface area (Å²) >= 11 is 5.95. The molecule has 0 unspecified atom stereocenters. The maximum atomic E-state index is 12.2. The van der Waals surface area contributed by atoms with E-state index in [1.807, 2.05) is 0 Å². The summed E-state index contributed by atoms with van der Waals surface area (Å²) in [4.78, 5) is 37.3. The summed E-state index contributed by atoms with van der Waals surface area (Å²) in [6, 6.07) is 6.71. The van der Waals surface area contributed by atoms with Gasteiger partial charge in [0.05, 0.1) is 23.2 Å². The fourth-order valence-corrected chi connectivity index (χ4v) is 2.64. The van der Waals surface area contributed by atoms with Crippen molar-refractivity contribution < 1.29 is 19.1 Å². The second-order valence-electron chi connectivity index (χ2n) is 5.25. The summed E-state index contributed by atoms with van der Waals surface area (Å²) in [6.45, 7) is 2.82. The number of piperidine rings is 1. The molecule has 23 heavy (non-hydrogen) atoms. The Kier molecular flexibility index (Phi) is 5.98. The molecule has 1 aliphatic rings. The van der Waals surface area contributed by atoms with Gasteiger partial charge >= 0.3 is 17.8 Å². The van der Waals surface area contributed by atoms with Crippen LogP contribution in [-0.4, -0.2) is 42.4 Å². The average molecular weight is 339 g/mol. The third-order valence-corrected chi connectivity index (χ3v) is 4.05. The lowest BCUT2D eigenvalue weighted by Crippen LogP contribution is -2.45. The molecule has 1 aromatic rings. The summed E-state index contributed by atoms with van der Waals surface area (Å²) in [7, 11) is 0. The van der Waals surface area contributed by atoms with E-state index in [1.54, 1.807) is 31.2 Å². The van der Waals surface area contributed by atoms with Crippen molar-refractivity contribution in [2.75, 3.05) is 25.0 Å². The molecule has 124 valence electrons. The predicted octanol–water partition coefficient (Wildman–Crippen LogP) is 2.08. The van der Waals surface area contributed by atoms with E-state index >= 15 is 0 Å². The Bertz CT molecular complexity index is 597. The summed E-state index contributed by atoms with van der Waals surface area (Å²) < 4.78 is 4.98. The van der Waals surface area contributed by atoms with Crippen LogP contribution in [0.2, 0.25) is 5.02 Å². The third-order valence-electron chi connectivity index (χ3n) is 3.72. The number of nitrogens with one attached hydrogen (secondary N) is 1. The van der Waals surface area contributed by atoms with Gasteiger partial charge in [0.2, 0.25) is 0 Å². The number of carbonyl (C=O) groups excluding carboxylic acids is 3. The minimum absolute atomic E-state index is 0.203. The fraction of sp³-hybridized carbons (Fsp3) is 0.438. The Balaban J connectivity index is 1.88. The number of halogens is 1. The van der Waals surface area contributed by atoms with Gasteiger partial charge in [-0.1, -0.05) is 23.7 Å². The van der Waals surface area contributed by atoms with Crippen LogP contribution in [0, 0.1) is 5.92 Å². The molecule has 0 bridgehead atoms. The summed E-state index contributed by atoms with van der Waals surface area (Å²) in [5.41, 5.74) is 0.397. The minimum Gasteiger partial charge on any atom is -0.466 e. The van der Waals surface area contributed by atoms with E-state index in [0.29, 0.717) is 43.2 Å². The standard InChI is InChI=1S/C16H19ClN2O4/c1-2-23-16(22)11-7-9-19(10-8-11)15(21)14(20)18-13-6-4-3-5-12(13)17/h3-6,11H,2,7-10H2,1H3,(H,18,20). The topological polar surface area (TPSA) is 75.7 Å². The number of hydrogen-bond donors (Lipinski definition) is 1. The van der Waals surface area contributed by atoms with E-state index < -0.39 is 11.8 Å². The maximum Gasteiger partial charge on any atom is 0.313 e. The normalized spacial score (nSPS) is 15.1. The molecule has 6 nitrogen and oxygen atoms in total. The Morgan fingerprint density at radius 3 is 2.52 bits per heavy atom. The van der Waals surface area contributed by atoms with Crippen molar-refractivity contribution in [3.05, 3.63) is 29.3 Å². The van der Waals surface area contributed by atoms with E-state index in [4.69, 9.17) is 16.3 Å². The fourth-order valence-electron chi connectivity index (χ4n) is 2.46. The zero-order valence-electron chi connectivity index (χ0n) is 12.9. The zero-order valence-corrected chi connectivity index (χ0v) is 13.6. The number of rotatable bonds is 3. The first-order valence-corrected chi connectivity index (χ1v) is 7.92. The summed E-state index contributed by atoms with van der Waals surface area (Å²) in [6.07, 6.45) is 1.01. The smallest absolute Gasteiger partial charge is 0.313 e. The first-order chi connectivity index (χ1) is 11.0. The van der Waals surface area contributed by atoms with Gasteiger partial charge < -0.3 is 15.0 Å². The van der Waals surface area contributed by atoms with E-state index in [-0.39, 0.29) is 11.9 Å². The monoisotopic (exact) mass is 338 g/mol. The van der Waals surface area contributed by atoms with Crippen LogP contribution in [0.4, 0.5) is 5.69 Å². The van der Waals surface area contributed by atoms with Crippen LogP contribution in [-0.2, 0) is 19.1 Å². The molecule has 0 aromatic heterocycles. The average Bonchev–Trinajstić information content (AvgIpc) is 2.56. The van der Waals surface area contributed by atoms with Crippen LogP contribution in [0.5, 0.6) is 0 Å². The third kappa shape index (κ3) is 4.45. The highest BCUT2D eigenvalue weighted by Gasteiger charge is 2.30. The van der Waals surface area contributed by atoms with Crippen molar-refractivity contribution in [2.24, 2.45) is 5.92 Å². The van der Waals surface area contributed by atoms with E-state index in [0.717, 1.165) is 0 Å². The van der Waals surface area contributed by atoms with Crippen molar-refractivity contribution in [3.8, 4) is 0 Å². The van der Waals surface area contributed by atoms with Gasteiger partial charge in [-0.3, -0.25) is 14.4 Å². The molecule has 1 heterocycles. The molecule has 0 spiro atoms. The second-order valence-corrected chi connectivity index (χ2v) is 5.66. The summed E-state index contributed by atoms with van der Waals surface area (Å²) in [5.74, 6) is -1.79. The minimum atomic E-state index is -0.729. The van der Waals surface area contributed by atoms with Crippen LogP contribution >= 0.6 is 11.6 Å². The lowest BCUT2D eigenvalue weighted by Gasteiger charge is -2.30. The van der Waals surface area contributed by atoms with Crippen molar-refractivity contribution in [1.29, 1.82) is 0 Å². The predicted molar refractivity (Wildman–Crippen MR) is 86.0 cm³/mol. The van der Waals surface area contributed by atoms with E-state index in [2.05, 4.69) is 5.32 Å². The van der Waals surface area contributed by atoms with Crippen molar-refractivity contribution >= 4 is 35.1 Å². The number of carbonyl (C=O) groups is 3. The molecule has 2 amide bonds. The molecular weight excluding hydrogens is 320 g/mol. The molecule has 1 saturated heterocycles. The van der Waals surface area contributed by atoms with Crippen molar-refractivity contribution in [1.82, 2.24) is 4.90 Å². The molecule has 1 aliphatic heterocycles. The van der Waals surface area contributed by atoms with E-state index in [1.165, 1.54) is 4.90 Å². The molecular formula is C16H19ClN2O4. The number of amides is 2. The first-order valence-electron chi connectivity index (χ1n) is 7.54. The van der Waals surface area contributed by atoms with Crippen LogP contribution in [0.3, 0.4) is 0 Å². The number of likely N-dealkylation sites (tertiary alicyclic amines) is 1. The molecule has 0 radical (unpaired) electrons. The number of benzene rings is 1. The zero-order chi connectivity index (χ0) is 16.8. The molecule has 0 atom stereocenters. The molecule has 1 aromatic carbocycles. The van der Waals surface area contributed by atoms with Gasteiger partial charge in [0.15, 0.2) is 0 Å². The quantitative estimate of drug-likeness (QED) is 0.676. The lowest BCUT2D eigenvalue weighted by molar-refractivity contribution is -0.152. The number of hydrogen-bond acceptors (Lipinski definition) is 4. The first kappa shape index (κ1) is 17.3. The van der Waals surface area contributed by atoms with Gasteiger partial charge in [-0.15, -0.1) is 0 Å². The lowest BCUT2D eigenvalue weighted by atomic mass is 9.97. The van der Waals surface area contributed by atoms with Crippen LogP contribution < -0.4 is 5.32 Å². The van der Waals surface area contributed by atoms with Gasteiger partial charge in [-0.2, -0.15) is 0 Å². The van der Waals surface area contributed by atoms with Gasteiger partial charge in [0.25, 0.3) is 0 Å². The Hall–Kier alpha value is -2.08. The van der Waals surface area contributed by atoms with Crippen LogP contribution in [0.15, 0.2) is 24.3 Å². The largest absolute Gasteiger partial charge is 0.466 e. The Morgan fingerprint density at radius 1 is 1.26 bits per heavy atom. The number of anilines is 1. The molecule has 1 fully saturated rings. The number of para-hydroxylation sites is 1. The van der Waals surface area contributed by atoms with Crippen molar-refractivity contribution in [2.45, 2.75) is 19.8 Å². The molecule has 2 rings (SSSR count). The van der Waals surface area contributed by atoms with Crippen LogP contribution in [0.25, 0.3) is 0 Å². The van der Waals surface area contributed by atoms with Gasteiger partial charge in [0.1, 0.15) is 0 Å². The highest BCUT2D eigenvalue weighted by molar-refractivity contribution is 6.41. The van der Waals surface area contributed by atoms with Crippen LogP contribution in [0.1, 0.15) is 19.8 Å². The molecule has 7 heteroatoms. The maximum absolute atomic E-state index is 12.2. The number of ether oxygens (including phenoxy) is 1. The highest BCUT2D eigenvalue weighted by Crippen LogP contribution is 2.22. The second kappa shape index (κ2) is 7.97. The summed E-state index contributed by atoms with van der Waals surface area (Å²) in [5, 5.41) is 2.88. The van der Waals surface area contributed by atoms with Gasteiger partial charge in [-0.05, 0) is 31.9 Å². The van der Waals surface area contributed by atoms with Gasteiger partial charge in [0, 0.05) is 13.1 Å². The number of esters is 1. The Labute approximate surface area is 139 Å². The molecule has 0 aliphatic carbocycles. The van der Waals surface area contributed by atoms with Crippen molar-refractivity contribution in [3.63, 3.8) is 0 Å². The molecule has 0 saturated carbocycles. The SMILES string of the molecule is CCOC(=O)C1CCN(C(=O)C(=O)Nc2ccccc2Cl)CC1. The molecule has 1 N–H and O–H groups in total. The Morgan fingerprint density at radius 2 is 1.91 bits per heavy atom. The number of nitrogens with zero attached hydrogens (tertiary/aromatic N) is 1. The van der Waals surface area contributed by atoms with Gasteiger partial charge in [-0.25, -0.2) is 0 Å². The van der Waals surface area contributed by atoms with E-state index in [9.17, 15) is 14.4 Å². The highest BCUT2D eigenvalue weighted by atomic mass is 35.5.